The van der Waals surface area contributed by atoms with Crippen LogP contribution in [0.1, 0.15) is 52.4 Å². The first kappa shape index (κ1) is 20.4. The zero-order valence-electron chi connectivity index (χ0n) is 17.9. The van der Waals surface area contributed by atoms with Crippen LogP contribution >= 0.6 is 0 Å². The Morgan fingerprint density at radius 1 is 1.14 bits per heavy atom. The maximum absolute atomic E-state index is 12.2. The molecule has 0 radical (unpaired) electrons. The predicted octanol–water partition coefficient (Wildman–Crippen LogP) is 3.02. The number of fused-ring (bicyclic) bond motifs is 5. The van der Waals surface area contributed by atoms with Gasteiger partial charge >= 0.3 is 0 Å². The lowest BCUT2D eigenvalue weighted by Crippen LogP contribution is -2.61. The molecule has 2 unspecified atom stereocenters. The lowest BCUT2D eigenvalue weighted by molar-refractivity contribution is -0.166. The monoisotopic (exact) mass is 391 g/mol. The molecule has 1 aliphatic heterocycles. The first-order chi connectivity index (χ1) is 13.3. The second-order valence-electron chi connectivity index (χ2n) is 10.2. The van der Waals surface area contributed by atoms with E-state index in [1.807, 2.05) is 11.9 Å². The van der Waals surface area contributed by atoms with Gasteiger partial charge in [0.05, 0.1) is 25.4 Å². The highest BCUT2D eigenvalue weighted by Gasteiger charge is 2.64. The van der Waals surface area contributed by atoms with Crippen LogP contribution in [0, 0.1) is 28.6 Å². The molecule has 0 aromatic rings. The van der Waals surface area contributed by atoms with Gasteiger partial charge in [0.15, 0.2) is 0 Å². The predicted molar refractivity (Wildman–Crippen MR) is 108 cm³/mol. The number of nitrogens with zero attached hydrogens (tertiary/aromatic N) is 1. The molecule has 158 valence electrons. The van der Waals surface area contributed by atoms with Gasteiger partial charge in [0.1, 0.15) is 0 Å². The Hall–Kier alpha value is -0.910. The van der Waals surface area contributed by atoms with E-state index in [2.05, 4.69) is 19.9 Å². The van der Waals surface area contributed by atoms with E-state index < -0.39 is 5.60 Å². The molecule has 0 aromatic heterocycles. The number of carbonyl (C=O) groups is 1. The van der Waals surface area contributed by atoms with E-state index in [9.17, 15) is 9.90 Å². The van der Waals surface area contributed by atoms with Crippen molar-refractivity contribution in [2.24, 2.45) is 28.6 Å². The van der Waals surface area contributed by atoms with Gasteiger partial charge < -0.3 is 19.5 Å². The van der Waals surface area contributed by atoms with Crippen molar-refractivity contribution in [1.82, 2.24) is 4.90 Å². The van der Waals surface area contributed by atoms with Gasteiger partial charge in [-0.3, -0.25) is 4.79 Å². The standard InChI is InChI=1S/C23H37NO4/c1-21-10-9-20(25)24(3)19(21)6-5-16-17(21)7-11-22(2)18(16)8-12-23(22,26)15-28-14-13-27-4/h9-10,16-19,26H,5-8,11-15H2,1-4H3/t16-,17-,18+,19?,21-,22+,23?/m1/s1. The zero-order valence-corrected chi connectivity index (χ0v) is 17.9. The second kappa shape index (κ2) is 7.10. The fraction of sp³-hybridized carbons (Fsp3) is 0.870. The van der Waals surface area contributed by atoms with E-state index >= 15 is 0 Å². The number of hydrogen-bond acceptors (Lipinski definition) is 4. The van der Waals surface area contributed by atoms with Gasteiger partial charge in [-0.2, -0.15) is 0 Å². The minimum atomic E-state index is -0.733. The number of aliphatic hydroxyl groups is 1. The van der Waals surface area contributed by atoms with Crippen LogP contribution in [-0.4, -0.2) is 61.5 Å². The normalized spacial score (nSPS) is 47.6. The van der Waals surface area contributed by atoms with Crippen LogP contribution in [0.15, 0.2) is 12.2 Å². The van der Waals surface area contributed by atoms with Crippen LogP contribution in [0.3, 0.4) is 0 Å². The van der Waals surface area contributed by atoms with Gasteiger partial charge in [0, 0.05) is 31.0 Å². The highest BCUT2D eigenvalue weighted by atomic mass is 16.5. The van der Waals surface area contributed by atoms with E-state index in [0.717, 1.165) is 38.5 Å². The number of likely N-dealkylation sites (N-methyl/N-ethyl adjacent to an activating group) is 1. The van der Waals surface area contributed by atoms with E-state index in [-0.39, 0.29) is 16.7 Å². The molecule has 5 heteroatoms. The Morgan fingerprint density at radius 3 is 2.64 bits per heavy atom. The first-order valence-electron chi connectivity index (χ1n) is 11.0. The maximum atomic E-state index is 12.2. The number of ether oxygens (including phenoxy) is 2. The quantitative estimate of drug-likeness (QED) is 0.732. The highest BCUT2D eigenvalue weighted by molar-refractivity contribution is 5.89. The molecule has 0 bridgehead atoms. The van der Waals surface area contributed by atoms with Gasteiger partial charge in [0.2, 0.25) is 5.91 Å². The Kier molecular flexibility index (Phi) is 5.17. The van der Waals surface area contributed by atoms with Gasteiger partial charge in [-0.1, -0.05) is 19.9 Å². The molecule has 1 heterocycles. The average Bonchev–Trinajstić information content (AvgIpc) is 2.94. The third-order valence-electron chi connectivity index (χ3n) is 9.22. The topological polar surface area (TPSA) is 59.0 Å². The summed E-state index contributed by atoms with van der Waals surface area (Å²) in [6.45, 7) is 6.19. The van der Waals surface area contributed by atoms with Crippen LogP contribution in [0.5, 0.6) is 0 Å². The third kappa shape index (κ3) is 2.80. The Morgan fingerprint density at radius 2 is 1.89 bits per heavy atom. The Labute approximate surface area is 169 Å². The third-order valence-corrected chi connectivity index (χ3v) is 9.22. The molecule has 3 aliphatic carbocycles. The van der Waals surface area contributed by atoms with Crippen molar-refractivity contribution in [3.05, 3.63) is 12.2 Å². The summed E-state index contributed by atoms with van der Waals surface area (Å²) in [6.07, 6.45) is 10.3. The van der Waals surface area contributed by atoms with Gasteiger partial charge in [0.25, 0.3) is 0 Å². The van der Waals surface area contributed by atoms with Gasteiger partial charge in [-0.25, -0.2) is 0 Å². The SMILES string of the molecule is COCCOCC1(O)CC[C@H]2[C@@H]3CCC4N(C)C(=O)C=C[C@]4(C)[C@@H]3CC[C@@]21C. The van der Waals surface area contributed by atoms with Crippen molar-refractivity contribution in [3.8, 4) is 0 Å². The van der Waals surface area contributed by atoms with Gasteiger partial charge in [-0.15, -0.1) is 0 Å². The molecule has 7 atom stereocenters. The lowest BCUT2D eigenvalue weighted by Gasteiger charge is -2.61. The van der Waals surface area contributed by atoms with Crippen LogP contribution < -0.4 is 0 Å². The van der Waals surface area contributed by atoms with Crippen LogP contribution in [0.2, 0.25) is 0 Å². The van der Waals surface area contributed by atoms with Crippen molar-refractivity contribution in [2.45, 2.75) is 64.0 Å². The molecule has 3 fully saturated rings. The molecule has 0 aromatic carbocycles. The Balaban J connectivity index is 1.55. The maximum Gasteiger partial charge on any atom is 0.246 e. The number of hydrogen-bond donors (Lipinski definition) is 1. The van der Waals surface area contributed by atoms with Crippen LogP contribution in [0.25, 0.3) is 0 Å². The summed E-state index contributed by atoms with van der Waals surface area (Å²) in [5.74, 6) is 1.90. The molecular weight excluding hydrogens is 354 g/mol. The van der Waals surface area contributed by atoms with Crippen molar-refractivity contribution in [2.75, 3.05) is 34.0 Å². The first-order valence-corrected chi connectivity index (χ1v) is 11.0. The number of rotatable bonds is 5. The summed E-state index contributed by atoms with van der Waals surface area (Å²) in [4.78, 5) is 14.2. The molecule has 28 heavy (non-hydrogen) atoms. The average molecular weight is 392 g/mol. The summed E-state index contributed by atoms with van der Waals surface area (Å²) < 4.78 is 10.9. The minimum absolute atomic E-state index is 0.0581. The molecule has 3 saturated carbocycles. The molecule has 0 saturated heterocycles. The lowest BCUT2D eigenvalue weighted by atomic mass is 9.47. The summed E-state index contributed by atoms with van der Waals surface area (Å²) in [5.41, 5.74) is -0.754. The summed E-state index contributed by atoms with van der Waals surface area (Å²) in [6, 6.07) is 0.313. The minimum Gasteiger partial charge on any atom is -0.387 e. The molecule has 0 spiro atoms. The van der Waals surface area contributed by atoms with Gasteiger partial charge in [-0.05, 0) is 62.4 Å². The fourth-order valence-corrected chi connectivity index (χ4v) is 7.47. The van der Waals surface area contributed by atoms with E-state index in [1.54, 1.807) is 13.2 Å². The smallest absolute Gasteiger partial charge is 0.246 e. The fourth-order valence-electron chi connectivity index (χ4n) is 7.47. The van der Waals surface area contributed by atoms with Crippen LogP contribution in [-0.2, 0) is 14.3 Å². The molecule has 5 nitrogen and oxygen atoms in total. The summed E-state index contributed by atoms with van der Waals surface area (Å²) >= 11 is 0. The zero-order chi connectivity index (χ0) is 20.2. The second-order valence-corrected chi connectivity index (χ2v) is 10.2. The summed E-state index contributed by atoms with van der Waals surface area (Å²) in [5, 5.41) is 11.6. The van der Waals surface area contributed by atoms with E-state index in [4.69, 9.17) is 9.47 Å². The van der Waals surface area contributed by atoms with Crippen molar-refractivity contribution < 1.29 is 19.4 Å². The van der Waals surface area contributed by atoms with E-state index in [0.29, 0.717) is 43.6 Å². The Bertz CT molecular complexity index is 651. The number of carbonyl (C=O) groups excluding carboxylic acids is 1. The molecule has 1 amide bonds. The summed E-state index contributed by atoms with van der Waals surface area (Å²) in [7, 11) is 3.64. The number of amides is 1. The van der Waals surface area contributed by atoms with Crippen molar-refractivity contribution >= 4 is 5.91 Å². The molecular formula is C23H37NO4. The van der Waals surface area contributed by atoms with Crippen molar-refractivity contribution in [3.63, 3.8) is 0 Å². The van der Waals surface area contributed by atoms with Crippen molar-refractivity contribution in [1.29, 1.82) is 0 Å². The molecule has 1 N–H and O–H groups in total. The number of methoxy groups -OCH3 is 1. The molecule has 4 aliphatic rings. The largest absolute Gasteiger partial charge is 0.387 e. The van der Waals surface area contributed by atoms with E-state index in [1.165, 1.54) is 0 Å². The highest BCUT2D eigenvalue weighted by Crippen LogP contribution is 2.66. The van der Waals surface area contributed by atoms with Crippen LogP contribution in [0.4, 0.5) is 0 Å². The molecule has 4 rings (SSSR count).